The molecule has 2 aromatic carbocycles. The lowest BCUT2D eigenvalue weighted by molar-refractivity contribution is 0.587. The number of para-hydroxylation sites is 2. The van der Waals surface area contributed by atoms with Gasteiger partial charge in [0.2, 0.25) is 0 Å². The third-order valence-corrected chi connectivity index (χ3v) is 3.95. The van der Waals surface area contributed by atoms with Crippen molar-refractivity contribution in [2.75, 3.05) is 0 Å². The summed E-state index contributed by atoms with van der Waals surface area (Å²) >= 11 is 3.56. The zero-order valence-electron chi connectivity index (χ0n) is 12.2. The largest absolute Gasteiger partial charge is 0.310 e. The lowest BCUT2D eigenvalue weighted by atomic mass is 10.1. The first kappa shape index (κ1) is 14.3. The molecule has 1 N–H and O–H groups in total. The number of nitrogens with one attached hydrogen (secondary N) is 1. The number of rotatable bonds is 4. The normalized spacial score (nSPS) is 11.4. The van der Waals surface area contributed by atoms with E-state index in [9.17, 15) is 0 Å². The molecule has 3 nitrogen and oxygen atoms in total. The van der Waals surface area contributed by atoms with Crippen LogP contribution in [0.2, 0.25) is 0 Å². The van der Waals surface area contributed by atoms with E-state index in [0.29, 0.717) is 6.04 Å². The monoisotopic (exact) mass is 343 g/mol. The van der Waals surface area contributed by atoms with Crippen molar-refractivity contribution >= 4 is 27.0 Å². The lowest BCUT2D eigenvalue weighted by Crippen LogP contribution is -2.22. The van der Waals surface area contributed by atoms with E-state index in [4.69, 9.17) is 0 Å². The standard InChI is InChI=1S/C17H18BrN3/c1-12(2)19-10-13-9-14(18)7-8-16(13)21-11-20-15-5-3-4-6-17(15)21/h3-9,11-12,19H,10H2,1-2H3. The quantitative estimate of drug-likeness (QED) is 0.765. The summed E-state index contributed by atoms with van der Waals surface area (Å²) in [6.45, 7) is 5.15. The van der Waals surface area contributed by atoms with Crippen LogP contribution in [0.15, 0.2) is 53.3 Å². The van der Waals surface area contributed by atoms with Gasteiger partial charge in [0.15, 0.2) is 0 Å². The molecule has 0 saturated heterocycles. The molecule has 0 aliphatic heterocycles. The molecular formula is C17H18BrN3. The second-order valence-corrected chi connectivity index (χ2v) is 6.33. The van der Waals surface area contributed by atoms with Gasteiger partial charge in [-0.2, -0.15) is 0 Å². The third kappa shape index (κ3) is 3.01. The number of fused-ring (bicyclic) bond motifs is 1. The van der Waals surface area contributed by atoms with E-state index in [1.165, 1.54) is 11.3 Å². The molecule has 0 fully saturated rings. The maximum Gasteiger partial charge on any atom is 0.100 e. The molecule has 21 heavy (non-hydrogen) atoms. The fourth-order valence-electron chi connectivity index (χ4n) is 2.40. The zero-order valence-corrected chi connectivity index (χ0v) is 13.8. The molecule has 0 spiro atoms. The Kier molecular flexibility index (Phi) is 4.08. The van der Waals surface area contributed by atoms with Gasteiger partial charge >= 0.3 is 0 Å². The number of imidazole rings is 1. The van der Waals surface area contributed by atoms with E-state index >= 15 is 0 Å². The minimum atomic E-state index is 0.455. The fourth-order valence-corrected chi connectivity index (χ4v) is 2.80. The Labute approximate surface area is 133 Å². The zero-order chi connectivity index (χ0) is 14.8. The van der Waals surface area contributed by atoms with Crippen molar-refractivity contribution in [3.63, 3.8) is 0 Å². The first-order chi connectivity index (χ1) is 10.1. The molecule has 0 amide bonds. The highest BCUT2D eigenvalue weighted by Crippen LogP contribution is 2.24. The summed E-state index contributed by atoms with van der Waals surface area (Å²) < 4.78 is 3.25. The van der Waals surface area contributed by atoms with Crippen molar-refractivity contribution in [1.29, 1.82) is 0 Å². The molecule has 0 saturated carbocycles. The maximum atomic E-state index is 4.48. The van der Waals surface area contributed by atoms with Gasteiger partial charge < -0.3 is 5.32 Å². The van der Waals surface area contributed by atoms with Crippen LogP contribution in [0.25, 0.3) is 16.7 Å². The number of nitrogens with zero attached hydrogens (tertiary/aromatic N) is 2. The SMILES string of the molecule is CC(C)NCc1cc(Br)ccc1-n1cnc2ccccc21. The van der Waals surface area contributed by atoms with E-state index in [-0.39, 0.29) is 0 Å². The summed E-state index contributed by atoms with van der Waals surface area (Å²) in [5, 5.41) is 3.48. The molecule has 0 unspecified atom stereocenters. The van der Waals surface area contributed by atoms with Gasteiger partial charge in [0, 0.05) is 17.1 Å². The van der Waals surface area contributed by atoms with E-state index in [1.54, 1.807) is 0 Å². The number of hydrogen-bond acceptors (Lipinski definition) is 2. The van der Waals surface area contributed by atoms with Gasteiger partial charge in [-0.05, 0) is 35.9 Å². The van der Waals surface area contributed by atoms with Crippen LogP contribution in [0.1, 0.15) is 19.4 Å². The topological polar surface area (TPSA) is 29.9 Å². The highest BCUT2D eigenvalue weighted by molar-refractivity contribution is 9.10. The highest BCUT2D eigenvalue weighted by Gasteiger charge is 2.09. The van der Waals surface area contributed by atoms with Crippen molar-refractivity contribution in [1.82, 2.24) is 14.9 Å². The second-order valence-electron chi connectivity index (χ2n) is 5.41. The Morgan fingerprint density at radius 3 is 2.81 bits per heavy atom. The van der Waals surface area contributed by atoms with Crippen LogP contribution in [0, 0.1) is 0 Å². The van der Waals surface area contributed by atoms with Gasteiger partial charge in [0.25, 0.3) is 0 Å². The van der Waals surface area contributed by atoms with Gasteiger partial charge in [-0.1, -0.05) is 41.9 Å². The Hall–Kier alpha value is -1.65. The van der Waals surface area contributed by atoms with Crippen LogP contribution in [0.4, 0.5) is 0 Å². The van der Waals surface area contributed by atoms with Gasteiger partial charge in [0.05, 0.1) is 16.7 Å². The summed E-state index contributed by atoms with van der Waals surface area (Å²) in [4.78, 5) is 4.48. The van der Waals surface area contributed by atoms with Crippen molar-refractivity contribution in [3.05, 3.63) is 58.8 Å². The minimum absolute atomic E-state index is 0.455. The molecule has 108 valence electrons. The molecule has 3 rings (SSSR count). The molecule has 0 aliphatic carbocycles. The van der Waals surface area contributed by atoms with Gasteiger partial charge in [-0.3, -0.25) is 4.57 Å². The Bertz CT molecular complexity index is 762. The third-order valence-electron chi connectivity index (χ3n) is 3.46. The first-order valence-corrected chi connectivity index (χ1v) is 7.89. The molecule has 0 aliphatic rings. The lowest BCUT2D eigenvalue weighted by Gasteiger charge is -2.14. The van der Waals surface area contributed by atoms with Crippen LogP contribution in [0.5, 0.6) is 0 Å². The van der Waals surface area contributed by atoms with Crippen molar-refractivity contribution in [3.8, 4) is 5.69 Å². The number of benzene rings is 2. The molecule has 0 radical (unpaired) electrons. The molecular weight excluding hydrogens is 326 g/mol. The van der Waals surface area contributed by atoms with Crippen LogP contribution < -0.4 is 5.32 Å². The van der Waals surface area contributed by atoms with Crippen molar-refractivity contribution < 1.29 is 0 Å². The maximum absolute atomic E-state index is 4.48. The van der Waals surface area contributed by atoms with Crippen LogP contribution in [-0.2, 0) is 6.54 Å². The van der Waals surface area contributed by atoms with Crippen molar-refractivity contribution in [2.24, 2.45) is 0 Å². The molecule has 1 aromatic heterocycles. The summed E-state index contributed by atoms with van der Waals surface area (Å²) in [6, 6.07) is 15.0. The minimum Gasteiger partial charge on any atom is -0.310 e. The summed E-state index contributed by atoms with van der Waals surface area (Å²) in [6.07, 6.45) is 1.90. The number of hydrogen-bond donors (Lipinski definition) is 1. The summed E-state index contributed by atoms with van der Waals surface area (Å²) in [7, 11) is 0. The van der Waals surface area contributed by atoms with Crippen molar-refractivity contribution in [2.45, 2.75) is 26.4 Å². The first-order valence-electron chi connectivity index (χ1n) is 7.09. The Morgan fingerprint density at radius 1 is 1.19 bits per heavy atom. The molecule has 0 atom stereocenters. The smallest absolute Gasteiger partial charge is 0.100 e. The Morgan fingerprint density at radius 2 is 2.00 bits per heavy atom. The number of aromatic nitrogens is 2. The van der Waals surface area contributed by atoms with E-state index in [2.05, 4.69) is 68.9 Å². The molecule has 0 bridgehead atoms. The van der Waals surface area contributed by atoms with Gasteiger partial charge in [-0.15, -0.1) is 0 Å². The van der Waals surface area contributed by atoms with E-state index in [0.717, 1.165) is 22.1 Å². The molecule has 3 aromatic rings. The fraction of sp³-hybridized carbons (Fsp3) is 0.235. The predicted molar refractivity (Wildman–Crippen MR) is 90.7 cm³/mol. The van der Waals surface area contributed by atoms with E-state index in [1.807, 2.05) is 24.5 Å². The Balaban J connectivity index is 2.09. The average molecular weight is 344 g/mol. The average Bonchev–Trinajstić information content (AvgIpc) is 2.89. The highest BCUT2D eigenvalue weighted by atomic mass is 79.9. The molecule has 1 heterocycles. The van der Waals surface area contributed by atoms with Crippen LogP contribution in [0.3, 0.4) is 0 Å². The predicted octanol–water partition coefficient (Wildman–Crippen LogP) is 4.29. The molecule has 4 heteroatoms. The van der Waals surface area contributed by atoms with Gasteiger partial charge in [-0.25, -0.2) is 4.98 Å². The van der Waals surface area contributed by atoms with Crippen LogP contribution >= 0.6 is 15.9 Å². The summed E-state index contributed by atoms with van der Waals surface area (Å²) in [5.41, 5.74) is 4.56. The van der Waals surface area contributed by atoms with Gasteiger partial charge in [0.1, 0.15) is 6.33 Å². The number of halogens is 1. The van der Waals surface area contributed by atoms with Crippen LogP contribution in [-0.4, -0.2) is 15.6 Å². The van der Waals surface area contributed by atoms with E-state index < -0.39 is 0 Å². The summed E-state index contributed by atoms with van der Waals surface area (Å²) in [5.74, 6) is 0. The second kappa shape index (κ2) is 6.00.